The summed E-state index contributed by atoms with van der Waals surface area (Å²) in [6.07, 6.45) is 8.87. The molecule has 0 saturated carbocycles. The van der Waals surface area contributed by atoms with Crippen LogP contribution in [0.2, 0.25) is 0 Å². The number of nitrogens with one attached hydrogen (secondary N) is 2. The van der Waals surface area contributed by atoms with E-state index in [2.05, 4.69) is 15.6 Å². The number of aliphatic carboxylic acids is 1. The van der Waals surface area contributed by atoms with Crippen LogP contribution in [0.25, 0.3) is 0 Å². The Balaban J connectivity index is 1.99. The summed E-state index contributed by atoms with van der Waals surface area (Å²) in [5.74, 6) is -0.751. The number of imidazole rings is 1. The molecule has 0 aliphatic rings. The maximum Gasteiger partial charge on any atom is 0.315 e. The van der Waals surface area contributed by atoms with E-state index in [-0.39, 0.29) is 18.5 Å². The van der Waals surface area contributed by atoms with Crippen LogP contribution in [0.4, 0.5) is 4.79 Å². The van der Waals surface area contributed by atoms with E-state index in [1.54, 1.807) is 12.5 Å². The van der Waals surface area contributed by atoms with Crippen LogP contribution in [0, 0.1) is 0 Å². The Morgan fingerprint density at radius 2 is 2.05 bits per heavy atom. The quantitative estimate of drug-likeness (QED) is 0.571. The van der Waals surface area contributed by atoms with E-state index in [4.69, 9.17) is 5.11 Å². The number of unbranched alkanes of at least 4 members (excludes halogenated alkanes) is 3. The summed E-state index contributed by atoms with van der Waals surface area (Å²) in [6.45, 7) is 3.23. The van der Waals surface area contributed by atoms with Crippen molar-refractivity contribution in [1.29, 1.82) is 0 Å². The normalized spacial score (nSPS) is 11.9. The summed E-state index contributed by atoms with van der Waals surface area (Å²) in [6, 6.07) is -0.150. The molecule has 0 aliphatic heterocycles. The van der Waals surface area contributed by atoms with Crippen molar-refractivity contribution in [3.63, 3.8) is 0 Å². The molecule has 0 bridgehead atoms. The molecule has 118 valence electrons. The average molecular weight is 296 g/mol. The van der Waals surface area contributed by atoms with E-state index in [1.165, 1.54) is 0 Å². The lowest BCUT2D eigenvalue weighted by atomic mass is 10.1. The van der Waals surface area contributed by atoms with Crippen molar-refractivity contribution in [3.8, 4) is 0 Å². The molecule has 7 heteroatoms. The zero-order valence-corrected chi connectivity index (χ0v) is 12.4. The molecule has 0 aromatic carbocycles. The van der Waals surface area contributed by atoms with Crippen LogP contribution in [0.1, 0.15) is 39.0 Å². The number of carbonyl (C=O) groups is 2. The Bertz CT molecular complexity index is 420. The fourth-order valence-electron chi connectivity index (χ4n) is 1.99. The lowest BCUT2D eigenvalue weighted by Gasteiger charge is -2.15. The first kappa shape index (κ1) is 17.0. The van der Waals surface area contributed by atoms with Gasteiger partial charge in [0.05, 0.1) is 6.33 Å². The van der Waals surface area contributed by atoms with Crippen LogP contribution in [-0.4, -0.2) is 39.2 Å². The second-order valence-corrected chi connectivity index (χ2v) is 5.12. The van der Waals surface area contributed by atoms with Gasteiger partial charge in [0, 0.05) is 37.9 Å². The van der Waals surface area contributed by atoms with Gasteiger partial charge < -0.3 is 20.3 Å². The standard InChI is InChI=1S/C14H24N4O3/c1-12(10-18-9-8-15-11-18)17-14(21)16-7-5-3-2-4-6-13(19)20/h8-9,11-12H,2-7,10H2,1H3,(H,19,20)(H2,16,17,21). The fourth-order valence-corrected chi connectivity index (χ4v) is 1.99. The second-order valence-electron chi connectivity index (χ2n) is 5.12. The number of nitrogens with zero attached hydrogens (tertiary/aromatic N) is 2. The SMILES string of the molecule is CC(Cn1ccnc1)NC(=O)NCCCCCCC(=O)O. The molecule has 0 saturated heterocycles. The Morgan fingerprint density at radius 1 is 1.29 bits per heavy atom. The molecule has 1 unspecified atom stereocenters. The smallest absolute Gasteiger partial charge is 0.315 e. The van der Waals surface area contributed by atoms with Crippen LogP contribution >= 0.6 is 0 Å². The van der Waals surface area contributed by atoms with Gasteiger partial charge >= 0.3 is 12.0 Å². The number of hydrogen-bond acceptors (Lipinski definition) is 3. The predicted molar refractivity (Wildman–Crippen MR) is 78.9 cm³/mol. The summed E-state index contributed by atoms with van der Waals surface area (Å²) in [5.41, 5.74) is 0. The first-order valence-electron chi connectivity index (χ1n) is 7.30. The van der Waals surface area contributed by atoms with Crippen molar-refractivity contribution < 1.29 is 14.7 Å². The van der Waals surface area contributed by atoms with Crippen LogP contribution < -0.4 is 10.6 Å². The van der Waals surface area contributed by atoms with Crippen LogP contribution in [0.3, 0.4) is 0 Å². The molecule has 21 heavy (non-hydrogen) atoms. The largest absolute Gasteiger partial charge is 0.481 e. The van der Waals surface area contributed by atoms with Crippen molar-refractivity contribution in [2.75, 3.05) is 6.54 Å². The fraction of sp³-hybridized carbons (Fsp3) is 0.643. The number of urea groups is 1. The van der Waals surface area contributed by atoms with E-state index in [0.717, 1.165) is 19.3 Å². The van der Waals surface area contributed by atoms with Gasteiger partial charge in [0.25, 0.3) is 0 Å². The van der Waals surface area contributed by atoms with Gasteiger partial charge in [-0.15, -0.1) is 0 Å². The minimum absolute atomic E-state index is 0.0229. The van der Waals surface area contributed by atoms with Crippen molar-refractivity contribution in [2.24, 2.45) is 0 Å². The molecule has 0 aliphatic carbocycles. The highest BCUT2D eigenvalue weighted by atomic mass is 16.4. The maximum atomic E-state index is 11.6. The highest BCUT2D eigenvalue weighted by molar-refractivity contribution is 5.74. The van der Waals surface area contributed by atoms with Crippen molar-refractivity contribution in [1.82, 2.24) is 20.2 Å². The van der Waals surface area contributed by atoms with Gasteiger partial charge in [0.15, 0.2) is 0 Å². The third-order valence-corrected chi connectivity index (χ3v) is 3.02. The van der Waals surface area contributed by atoms with Crippen molar-refractivity contribution in [2.45, 2.75) is 51.6 Å². The number of carbonyl (C=O) groups excluding carboxylic acids is 1. The van der Waals surface area contributed by atoms with E-state index >= 15 is 0 Å². The summed E-state index contributed by atoms with van der Waals surface area (Å²) in [7, 11) is 0. The lowest BCUT2D eigenvalue weighted by molar-refractivity contribution is -0.137. The van der Waals surface area contributed by atoms with E-state index in [1.807, 2.05) is 17.7 Å². The average Bonchev–Trinajstić information content (AvgIpc) is 2.89. The molecule has 0 spiro atoms. The monoisotopic (exact) mass is 296 g/mol. The van der Waals surface area contributed by atoms with Gasteiger partial charge in [-0.1, -0.05) is 12.8 Å². The second kappa shape index (κ2) is 9.79. The lowest BCUT2D eigenvalue weighted by Crippen LogP contribution is -2.42. The minimum atomic E-state index is -0.751. The van der Waals surface area contributed by atoms with Crippen molar-refractivity contribution >= 4 is 12.0 Å². The molecular weight excluding hydrogens is 272 g/mol. The zero-order chi connectivity index (χ0) is 15.5. The van der Waals surface area contributed by atoms with Crippen LogP contribution in [0.5, 0.6) is 0 Å². The summed E-state index contributed by atoms with van der Waals surface area (Å²) >= 11 is 0. The molecule has 3 N–H and O–H groups in total. The molecule has 1 atom stereocenters. The molecule has 1 rings (SSSR count). The Morgan fingerprint density at radius 3 is 2.71 bits per heavy atom. The van der Waals surface area contributed by atoms with E-state index in [9.17, 15) is 9.59 Å². The number of aromatic nitrogens is 2. The number of rotatable bonds is 10. The third-order valence-electron chi connectivity index (χ3n) is 3.02. The summed E-state index contributed by atoms with van der Waals surface area (Å²) < 4.78 is 1.91. The Labute approximate surface area is 124 Å². The van der Waals surface area contributed by atoms with E-state index in [0.29, 0.717) is 19.5 Å². The van der Waals surface area contributed by atoms with Crippen LogP contribution in [0.15, 0.2) is 18.7 Å². The van der Waals surface area contributed by atoms with Gasteiger partial charge in [-0.3, -0.25) is 4.79 Å². The Hall–Kier alpha value is -2.05. The highest BCUT2D eigenvalue weighted by Crippen LogP contribution is 2.02. The molecule has 7 nitrogen and oxygen atoms in total. The van der Waals surface area contributed by atoms with Gasteiger partial charge in [-0.05, 0) is 19.8 Å². The topological polar surface area (TPSA) is 96.3 Å². The first-order valence-corrected chi connectivity index (χ1v) is 7.30. The van der Waals surface area contributed by atoms with E-state index < -0.39 is 5.97 Å². The third kappa shape index (κ3) is 8.67. The number of carboxylic acids is 1. The summed E-state index contributed by atoms with van der Waals surface area (Å²) in [4.78, 5) is 25.9. The predicted octanol–water partition coefficient (Wildman–Crippen LogP) is 1.61. The maximum absolute atomic E-state index is 11.6. The highest BCUT2D eigenvalue weighted by Gasteiger charge is 2.06. The molecule has 2 amide bonds. The van der Waals surface area contributed by atoms with Gasteiger partial charge in [0.1, 0.15) is 0 Å². The van der Waals surface area contributed by atoms with Crippen LogP contribution in [-0.2, 0) is 11.3 Å². The number of carboxylic acid groups (broad SMARTS) is 1. The molecule has 1 aromatic heterocycles. The molecule has 0 radical (unpaired) electrons. The summed E-state index contributed by atoms with van der Waals surface area (Å²) in [5, 5.41) is 14.2. The molecular formula is C14H24N4O3. The van der Waals surface area contributed by atoms with Gasteiger partial charge in [-0.25, -0.2) is 9.78 Å². The molecule has 1 heterocycles. The van der Waals surface area contributed by atoms with Gasteiger partial charge in [0.2, 0.25) is 0 Å². The minimum Gasteiger partial charge on any atom is -0.481 e. The van der Waals surface area contributed by atoms with Gasteiger partial charge in [-0.2, -0.15) is 0 Å². The number of hydrogen-bond donors (Lipinski definition) is 3. The molecule has 1 aromatic rings. The van der Waals surface area contributed by atoms with Crippen molar-refractivity contribution in [3.05, 3.63) is 18.7 Å². The first-order chi connectivity index (χ1) is 10.1. The molecule has 0 fully saturated rings. The number of amides is 2. The zero-order valence-electron chi connectivity index (χ0n) is 12.4. The Kier molecular flexibility index (Phi) is 7.93.